The Bertz CT molecular complexity index is 929. The van der Waals surface area contributed by atoms with Gasteiger partial charge in [-0.3, -0.25) is 4.90 Å². The lowest BCUT2D eigenvalue weighted by Crippen LogP contribution is -2.48. The Hall–Kier alpha value is -1.77. The van der Waals surface area contributed by atoms with Gasteiger partial charge in [0, 0.05) is 26.2 Å². The summed E-state index contributed by atoms with van der Waals surface area (Å²) >= 11 is 0. The van der Waals surface area contributed by atoms with Gasteiger partial charge in [0.05, 0.1) is 11.4 Å². The van der Waals surface area contributed by atoms with Crippen LogP contribution in [0, 0.1) is 20.8 Å². The van der Waals surface area contributed by atoms with Crippen LogP contribution in [0.3, 0.4) is 0 Å². The van der Waals surface area contributed by atoms with E-state index in [2.05, 4.69) is 35.8 Å². The molecule has 0 unspecified atom stereocenters. The summed E-state index contributed by atoms with van der Waals surface area (Å²) < 4.78 is 33.4. The fourth-order valence-electron chi connectivity index (χ4n) is 3.64. The van der Waals surface area contributed by atoms with Gasteiger partial charge in [0.2, 0.25) is 15.9 Å². The largest absolute Gasteiger partial charge is 0.338 e. The van der Waals surface area contributed by atoms with E-state index in [4.69, 9.17) is 4.52 Å². The van der Waals surface area contributed by atoms with Crippen molar-refractivity contribution in [3.63, 3.8) is 0 Å². The van der Waals surface area contributed by atoms with Crippen LogP contribution in [0.1, 0.15) is 49.2 Å². The molecule has 1 aliphatic rings. The van der Waals surface area contributed by atoms with E-state index in [9.17, 15) is 8.42 Å². The smallest absolute Gasteiger partial charge is 0.243 e. The maximum Gasteiger partial charge on any atom is 0.243 e. The molecule has 2 aromatic rings. The summed E-state index contributed by atoms with van der Waals surface area (Å²) in [5.74, 6) is 1.18. The van der Waals surface area contributed by atoms with Gasteiger partial charge in [-0.05, 0) is 42.9 Å². The summed E-state index contributed by atoms with van der Waals surface area (Å²) in [7, 11) is -3.52. The fourth-order valence-corrected chi connectivity index (χ4v) is 5.48. The van der Waals surface area contributed by atoms with Crippen molar-refractivity contribution in [1.29, 1.82) is 0 Å². The summed E-state index contributed by atoms with van der Waals surface area (Å²) in [6.07, 6.45) is 0. The first kappa shape index (κ1) is 21.0. The first-order valence-corrected chi connectivity index (χ1v) is 11.1. The van der Waals surface area contributed by atoms with E-state index in [1.165, 1.54) is 0 Å². The van der Waals surface area contributed by atoms with Gasteiger partial charge in [0.15, 0.2) is 5.82 Å². The number of hydrogen-bond donors (Lipinski definition) is 0. The number of piperazine rings is 1. The van der Waals surface area contributed by atoms with Gasteiger partial charge in [-0.25, -0.2) is 8.42 Å². The predicted molar refractivity (Wildman–Crippen MR) is 108 cm³/mol. The van der Waals surface area contributed by atoms with Crippen molar-refractivity contribution in [2.75, 3.05) is 26.2 Å². The second kappa shape index (κ2) is 7.57. The SMILES string of the molecule is Cc1noc(CN2CCN(S(=O)(=O)c3c(C)cc(C(C)(C)C)cc3C)CC2)n1. The Kier molecular flexibility index (Phi) is 5.67. The van der Waals surface area contributed by atoms with E-state index in [0.29, 0.717) is 49.3 Å². The average molecular weight is 407 g/mol. The molecule has 8 heteroatoms. The Morgan fingerprint density at radius 3 is 2.07 bits per heavy atom. The van der Waals surface area contributed by atoms with Crippen LogP contribution >= 0.6 is 0 Å². The molecule has 1 fully saturated rings. The van der Waals surface area contributed by atoms with E-state index in [-0.39, 0.29) is 5.41 Å². The highest BCUT2D eigenvalue weighted by molar-refractivity contribution is 7.89. The highest BCUT2D eigenvalue weighted by atomic mass is 32.2. The fraction of sp³-hybridized carbons (Fsp3) is 0.600. The van der Waals surface area contributed by atoms with E-state index in [1.54, 1.807) is 11.2 Å². The van der Waals surface area contributed by atoms with Crippen molar-refractivity contribution in [3.8, 4) is 0 Å². The third kappa shape index (κ3) is 4.29. The molecular weight excluding hydrogens is 376 g/mol. The van der Waals surface area contributed by atoms with Gasteiger partial charge >= 0.3 is 0 Å². The van der Waals surface area contributed by atoms with Gasteiger partial charge < -0.3 is 4.52 Å². The molecule has 0 atom stereocenters. The van der Waals surface area contributed by atoms with Crippen LogP contribution in [0.2, 0.25) is 0 Å². The molecule has 154 valence electrons. The summed E-state index contributed by atoms with van der Waals surface area (Å²) in [6, 6.07) is 4.02. The molecule has 0 saturated carbocycles. The number of sulfonamides is 1. The molecule has 28 heavy (non-hydrogen) atoms. The van der Waals surface area contributed by atoms with Crippen molar-refractivity contribution in [2.45, 2.75) is 58.4 Å². The Morgan fingerprint density at radius 1 is 1.04 bits per heavy atom. The molecule has 1 aromatic carbocycles. The molecule has 0 N–H and O–H groups in total. The van der Waals surface area contributed by atoms with Gasteiger partial charge in [-0.15, -0.1) is 0 Å². The van der Waals surface area contributed by atoms with Crippen LogP contribution in [0.25, 0.3) is 0 Å². The molecule has 0 amide bonds. The lowest BCUT2D eigenvalue weighted by molar-refractivity contribution is 0.163. The van der Waals surface area contributed by atoms with Crippen LogP contribution in [-0.2, 0) is 22.0 Å². The van der Waals surface area contributed by atoms with Crippen molar-refractivity contribution >= 4 is 10.0 Å². The molecule has 0 radical (unpaired) electrons. The van der Waals surface area contributed by atoms with Crippen molar-refractivity contribution in [1.82, 2.24) is 19.3 Å². The standard InChI is InChI=1S/C20H30N4O3S/c1-14-11-17(20(4,5)6)12-15(2)19(14)28(25,26)24-9-7-23(8-10-24)13-18-21-16(3)22-27-18/h11-12H,7-10,13H2,1-6H3. The first-order valence-electron chi connectivity index (χ1n) is 9.62. The number of nitrogens with zero attached hydrogens (tertiary/aromatic N) is 4. The number of benzene rings is 1. The van der Waals surface area contributed by atoms with Crippen LogP contribution in [0.5, 0.6) is 0 Å². The van der Waals surface area contributed by atoms with Crippen LogP contribution in [0.4, 0.5) is 0 Å². The predicted octanol–water partition coefficient (Wildman–Crippen LogP) is 2.80. The highest BCUT2D eigenvalue weighted by Gasteiger charge is 2.32. The molecule has 1 saturated heterocycles. The van der Waals surface area contributed by atoms with Gasteiger partial charge in [0.1, 0.15) is 0 Å². The first-order chi connectivity index (χ1) is 13.0. The Balaban J connectivity index is 1.75. The maximum atomic E-state index is 13.3. The number of hydrogen-bond acceptors (Lipinski definition) is 6. The minimum Gasteiger partial charge on any atom is -0.338 e. The second-order valence-corrected chi connectivity index (χ2v) is 10.5. The molecule has 0 spiro atoms. The summed E-state index contributed by atoms with van der Waals surface area (Å²) in [5.41, 5.74) is 2.76. The van der Waals surface area contributed by atoms with Gasteiger partial charge in [-0.2, -0.15) is 9.29 Å². The zero-order valence-corrected chi connectivity index (χ0v) is 18.4. The third-order valence-corrected chi connectivity index (χ3v) is 7.39. The molecule has 3 rings (SSSR count). The monoisotopic (exact) mass is 406 g/mol. The Labute approximate surface area is 167 Å². The normalized spacial score (nSPS) is 17.2. The molecule has 0 aliphatic carbocycles. The number of rotatable bonds is 4. The summed E-state index contributed by atoms with van der Waals surface area (Å²) in [5, 5.41) is 3.80. The maximum absolute atomic E-state index is 13.3. The highest BCUT2D eigenvalue weighted by Crippen LogP contribution is 2.31. The third-order valence-electron chi connectivity index (χ3n) is 5.18. The second-order valence-electron chi connectivity index (χ2n) is 8.60. The molecular formula is C20H30N4O3S. The van der Waals surface area contributed by atoms with Crippen LogP contribution in [-0.4, -0.2) is 53.9 Å². The van der Waals surface area contributed by atoms with E-state index in [1.807, 2.05) is 26.0 Å². The molecule has 1 aromatic heterocycles. The molecule has 1 aliphatic heterocycles. The zero-order chi connectivity index (χ0) is 20.7. The van der Waals surface area contributed by atoms with E-state index >= 15 is 0 Å². The van der Waals surface area contributed by atoms with Crippen LogP contribution < -0.4 is 0 Å². The zero-order valence-electron chi connectivity index (χ0n) is 17.6. The lowest BCUT2D eigenvalue weighted by Gasteiger charge is -2.34. The minimum absolute atomic E-state index is 0.0173. The number of aryl methyl sites for hydroxylation is 3. The van der Waals surface area contributed by atoms with E-state index < -0.39 is 10.0 Å². The van der Waals surface area contributed by atoms with Crippen molar-refractivity contribution in [3.05, 3.63) is 40.5 Å². The molecule has 7 nitrogen and oxygen atoms in total. The Morgan fingerprint density at radius 2 is 1.61 bits per heavy atom. The van der Waals surface area contributed by atoms with Crippen molar-refractivity contribution in [2.24, 2.45) is 0 Å². The van der Waals surface area contributed by atoms with Gasteiger partial charge in [-0.1, -0.05) is 38.1 Å². The van der Waals surface area contributed by atoms with E-state index in [0.717, 1.165) is 16.7 Å². The quantitative estimate of drug-likeness (QED) is 0.777. The summed E-state index contributed by atoms with van der Waals surface area (Å²) in [6.45, 7) is 14.7. The topological polar surface area (TPSA) is 79.5 Å². The number of aromatic nitrogens is 2. The molecule has 0 bridgehead atoms. The van der Waals surface area contributed by atoms with Gasteiger partial charge in [0.25, 0.3) is 0 Å². The minimum atomic E-state index is -3.52. The average Bonchev–Trinajstić information content (AvgIpc) is 2.98. The summed E-state index contributed by atoms with van der Waals surface area (Å²) in [4.78, 5) is 6.81. The lowest BCUT2D eigenvalue weighted by atomic mass is 9.85. The van der Waals surface area contributed by atoms with Crippen molar-refractivity contribution < 1.29 is 12.9 Å². The molecule has 2 heterocycles. The van der Waals surface area contributed by atoms with Crippen LogP contribution in [0.15, 0.2) is 21.6 Å².